The van der Waals surface area contributed by atoms with E-state index in [9.17, 15) is 9.59 Å². The SMILES string of the molecule is CN(C(=O)c1ccc(NC(=O)COc2ccc(Cl)cc2Cl)cc1)c1ccccc1. The molecule has 0 fully saturated rings. The Morgan fingerprint density at radius 3 is 2.31 bits per heavy atom. The van der Waals surface area contributed by atoms with Gasteiger partial charge in [-0.15, -0.1) is 0 Å². The Balaban J connectivity index is 1.57. The summed E-state index contributed by atoms with van der Waals surface area (Å²) in [4.78, 5) is 26.3. The van der Waals surface area contributed by atoms with E-state index in [1.165, 1.54) is 0 Å². The van der Waals surface area contributed by atoms with Gasteiger partial charge in [-0.25, -0.2) is 0 Å². The smallest absolute Gasteiger partial charge is 0.262 e. The van der Waals surface area contributed by atoms with Crippen LogP contribution in [-0.2, 0) is 4.79 Å². The van der Waals surface area contributed by atoms with Crippen molar-refractivity contribution in [1.29, 1.82) is 0 Å². The normalized spacial score (nSPS) is 10.3. The number of nitrogens with one attached hydrogen (secondary N) is 1. The zero-order chi connectivity index (χ0) is 20.8. The first kappa shape index (κ1) is 20.7. The molecule has 0 atom stereocenters. The Morgan fingerprint density at radius 1 is 0.966 bits per heavy atom. The molecule has 0 heterocycles. The molecular weight excluding hydrogens is 411 g/mol. The van der Waals surface area contributed by atoms with Crippen molar-refractivity contribution in [2.24, 2.45) is 0 Å². The molecule has 7 heteroatoms. The third-order valence-electron chi connectivity index (χ3n) is 4.12. The van der Waals surface area contributed by atoms with Crippen LogP contribution in [0.1, 0.15) is 10.4 Å². The van der Waals surface area contributed by atoms with Gasteiger partial charge in [0.05, 0.1) is 5.02 Å². The minimum atomic E-state index is -0.350. The van der Waals surface area contributed by atoms with Crippen LogP contribution in [0.4, 0.5) is 11.4 Å². The first-order valence-corrected chi connectivity index (χ1v) is 9.50. The van der Waals surface area contributed by atoms with Crippen molar-refractivity contribution in [3.05, 3.63) is 88.4 Å². The van der Waals surface area contributed by atoms with Gasteiger partial charge in [0.1, 0.15) is 5.75 Å². The second-order valence-electron chi connectivity index (χ2n) is 6.19. The van der Waals surface area contributed by atoms with Crippen LogP contribution in [0.5, 0.6) is 5.75 Å². The molecule has 29 heavy (non-hydrogen) atoms. The number of ether oxygens (including phenoxy) is 1. The molecule has 1 N–H and O–H groups in total. The van der Waals surface area contributed by atoms with E-state index in [0.29, 0.717) is 27.0 Å². The van der Waals surface area contributed by atoms with Crippen LogP contribution in [0.15, 0.2) is 72.8 Å². The predicted molar refractivity (Wildman–Crippen MR) is 116 cm³/mol. The Labute approximate surface area is 178 Å². The second kappa shape index (κ2) is 9.45. The van der Waals surface area contributed by atoms with E-state index in [0.717, 1.165) is 5.69 Å². The highest BCUT2D eigenvalue weighted by Crippen LogP contribution is 2.27. The number of rotatable bonds is 6. The predicted octanol–water partition coefficient (Wildman–Crippen LogP) is 5.29. The number of benzene rings is 3. The molecule has 0 aliphatic rings. The largest absolute Gasteiger partial charge is 0.482 e. The topological polar surface area (TPSA) is 58.6 Å². The number of hydrogen-bond donors (Lipinski definition) is 1. The summed E-state index contributed by atoms with van der Waals surface area (Å²) in [5.41, 5.74) is 1.87. The summed E-state index contributed by atoms with van der Waals surface area (Å²) in [7, 11) is 1.71. The maximum atomic E-state index is 12.6. The first-order valence-electron chi connectivity index (χ1n) is 8.75. The Bertz CT molecular complexity index is 1010. The Kier molecular flexibility index (Phi) is 6.75. The zero-order valence-electron chi connectivity index (χ0n) is 15.6. The van der Waals surface area contributed by atoms with Crippen molar-refractivity contribution in [3.63, 3.8) is 0 Å². The number of halogens is 2. The zero-order valence-corrected chi connectivity index (χ0v) is 17.1. The average molecular weight is 429 g/mol. The van der Waals surface area contributed by atoms with Gasteiger partial charge in [0.25, 0.3) is 11.8 Å². The van der Waals surface area contributed by atoms with E-state index < -0.39 is 0 Å². The monoisotopic (exact) mass is 428 g/mol. The van der Waals surface area contributed by atoms with Crippen molar-refractivity contribution in [3.8, 4) is 5.75 Å². The first-order chi connectivity index (χ1) is 13.9. The second-order valence-corrected chi connectivity index (χ2v) is 7.03. The van der Waals surface area contributed by atoms with Crippen LogP contribution in [0.25, 0.3) is 0 Å². The number of carbonyl (C=O) groups excluding carboxylic acids is 2. The minimum Gasteiger partial charge on any atom is -0.482 e. The molecule has 0 aliphatic carbocycles. The lowest BCUT2D eigenvalue weighted by Crippen LogP contribution is -2.26. The summed E-state index contributed by atoms with van der Waals surface area (Å²) < 4.78 is 5.40. The molecule has 5 nitrogen and oxygen atoms in total. The highest BCUT2D eigenvalue weighted by atomic mass is 35.5. The molecule has 0 aromatic heterocycles. The molecule has 2 amide bonds. The fourth-order valence-corrected chi connectivity index (χ4v) is 3.05. The molecule has 0 saturated carbocycles. The van der Waals surface area contributed by atoms with Gasteiger partial charge in [0.15, 0.2) is 6.61 Å². The lowest BCUT2D eigenvalue weighted by Gasteiger charge is -2.17. The summed E-state index contributed by atoms with van der Waals surface area (Å²) in [5, 5.41) is 3.53. The van der Waals surface area contributed by atoms with Crippen LogP contribution < -0.4 is 15.0 Å². The lowest BCUT2D eigenvalue weighted by molar-refractivity contribution is -0.118. The summed E-state index contributed by atoms with van der Waals surface area (Å²) in [6, 6.07) is 20.8. The van der Waals surface area contributed by atoms with Gasteiger partial charge in [-0.1, -0.05) is 41.4 Å². The van der Waals surface area contributed by atoms with Gasteiger partial charge in [0.2, 0.25) is 0 Å². The fraction of sp³-hybridized carbons (Fsp3) is 0.0909. The van der Waals surface area contributed by atoms with E-state index in [1.807, 2.05) is 30.3 Å². The quantitative estimate of drug-likeness (QED) is 0.580. The van der Waals surface area contributed by atoms with Crippen molar-refractivity contribution < 1.29 is 14.3 Å². The number of amides is 2. The fourth-order valence-electron chi connectivity index (χ4n) is 2.59. The third kappa shape index (κ3) is 5.50. The Hall–Kier alpha value is -3.02. The van der Waals surface area contributed by atoms with Crippen LogP contribution >= 0.6 is 23.2 Å². The number of anilines is 2. The highest BCUT2D eigenvalue weighted by Gasteiger charge is 2.13. The number of hydrogen-bond acceptors (Lipinski definition) is 3. The maximum absolute atomic E-state index is 12.6. The molecule has 0 spiro atoms. The molecule has 0 unspecified atom stereocenters. The Morgan fingerprint density at radius 2 is 1.66 bits per heavy atom. The molecule has 3 rings (SSSR count). The highest BCUT2D eigenvalue weighted by molar-refractivity contribution is 6.35. The van der Waals surface area contributed by atoms with E-state index in [-0.39, 0.29) is 18.4 Å². The van der Waals surface area contributed by atoms with Crippen LogP contribution in [0, 0.1) is 0 Å². The van der Waals surface area contributed by atoms with E-state index in [2.05, 4.69) is 5.32 Å². The molecule has 3 aromatic carbocycles. The summed E-state index contributed by atoms with van der Waals surface area (Å²) in [5.74, 6) is -0.123. The van der Waals surface area contributed by atoms with E-state index in [1.54, 1.807) is 54.4 Å². The van der Waals surface area contributed by atoms with Crippen LogP contribution in [0.3, 0.4) is 0 Å². The summed E-state index contributed by atoms with van der Waals surface area (Å²) >= 11 is 11.8. The third-order valence-corrected chi connectivity index (χ3v) is 4.65. The van der Waals surface area contributed by atoms with Gasteiger partial charge in [0, 0.05) is 29.0 Å². The van der Waals surface area contributed by atoms with Gasteiger partial charge in [-0.3, -0.25) is 9.59 Å². The van der Waals surface area contributed by atoms with Gasteiger partial charge < -0.3 is 15.0 Å². The molecule has 0 saturated heterocycles. The minimum absolute atomic E-state index is 0.144. The number of nitrogens with zero attached hydrogens (tertiary/aromatic N) is 1. The van der Waals surface area contributed by atoms with Crippen molar-refractivity contribution in [1.82, 2.24) is 0 Å². The number of para-hydroxylation sites is 1. The van der Waals surface area contributed by atoms with Crippen molar-refractivity contribution in [2.45, 2.75) is 0 Å². The molecule has 148 valence electrons. The molecular formula is C22H18Cl2N2O3. The summed E-state index contributed by atoms with van der Waals surface area (Å²) in [6.07, 6.45) is 0. The molecule has 0 bridgehead atoms. The van der Waals surface area contributed by atoms with Gasteiger partial charge in [-0.05, 0) is 54.6 Å². The average Bonchev–Trinajstić information content (AvgIpc) is 2.73. The number of carbonyl (C=O) groups is 2. The maximum Gasteiger partial charge on any atom is 0.262 e. The standard InChI is InChI=1S/C22H18Cl2N2O3/c1-26(18-5-3-2-4-6-18)22(28)15-7-10-17(11-8-15)25-21(27)14-29-20-12-9-16(23)13-19(20)24/h2-13H,14H2,1H3,(H,25,27). The van der Waals surface area contributed by atoms with Crippen molar-refractivity contribution >= 4 is 46.4 Å². The van der Waals surface area contributed by atoms with E-state index in [4.69, 9.17) is 27.9 Å². The van der Waals surface area contributed by atoms with E-state index >= 15 is 0 Å². The van der Waals surface area contributed by atoms with Gasteiger partial charge in [-0.2, -0.15) is 0 Å². The lowest BCUT2D eigenvalue weighted by atomic mass is 10.1. The van der Waals surface area contributed by atoms with Gasteiger partial charge >= 0.3 is 0 Å². The molecule has 0 radical (unpaired) electrons. The molecule has 0 aliphatic heterocycles. The van der Waals surface area contributed by atoms with Crippen LogP contribution in [-0.4, -0.2) is 25.5 Å². The van der Waals surface area contributed by atoms with Crippen molar-refractivity contribution in [2.75, 3.05) is 23.9 Å². The molecule has 3 aromatic rings. The summed E-state index contributed by atoms with van der Waals surface area (Å²) in [6.45, 7) is -0.210. The van der Waals surface area contributed by atoms with Crippen LogP contribution in [0.2, 0.25) is 10.0 Å².